The zero-order valence-corrected chi connectivity index (χ0v) is 19.2. The van der Waals surface area contributed by atoms with Crippen molar-refractivity contribution in [2.45, 2.75) is 10.5 Å². The van der Waals surface area contributed by atoms with Crippen molar-refractivity contribution < 1.29 is 27.4 Å². The Morgan fingerprint density at radius 3 is 2.66 bits per heavy atom. The normalized spacial score (nSPS) is 11.4. The number of methoxy groups -OCH3 is 1. The molecule has 12 heteroatoms. The van der Waals surface area contributed by atoms with Gasteiger partial charge in [0.25, 0.3) is 0 Å². The summed E-state index contributed by atoms with van der Waals surface area (Å²) in [6, 6.07) is 12.2. The molecule has 32 heavy (non-hydrogen) atoms. The Kier molecular flexibility index (Phi) is 8.29. The number of alkyl halides is 3. The summed E-state index contributed by atoms with van der Waals surface area (Å²) in [5, 5.41) is 6.89. The van der Waals surface area contributed by atoms with Crippen molar-refractivity contribution in [1.82, 2.24) is 9.78 Å². The molecule has 0 spiro atoms. The summed E-state index contributed by atoms with van der Waals surface area (Å²) in [6.07, 6.45) is -4.55. The summed E-state index contributed by atoms with van der Waals surface area (Å²) in [6.45, 7) is 0.374. The van der Waals surface area contributed by atoms with Crippen LogP contribution in [0.1, 0.15) is 5.56 Å². The second-order valence-corrected chi connectivity index (χ2v) is 9.11. The predicted molar refractivity (Wildman–Crippen MR) is 120 cm³/mol. The van der Waals surface area contributed by atoms with E-state index in [1.165, 1.54) is 24.5 Å². The minimum absolute atomic E-state index is 0.0646. The van der Waals surface area contributed by atoms with Crippen molar-refractivity contribution in [3.63, 3.8) is 0 Å². The standard InChI is InChI=1S/C20H18F3N3O3S3/c1-28-9-10-29-16-8-7-13(20(21,22)23)11-15(16)24-17(27)12-31-18-25-26(19(30)32-18)14-5-3-2-4-6-14/h2-8,11H,9-10,12H2,1H3,(H,24,27). The Labute approximate surface area is 195 Å². The van der Waals surface area contributed by atoms with Gasteiger partial charge in [-0.15, -0.1) is 5.10 Å². The highest BCUT2D eigenvalue weighted by atomic mass is 32.2. The largest absolute Gasteiger partial charge is 0.489 e. The molecule has 2 aromatic carbocycles. The number of hydrogen-bond donors (Lipinski definition) is 1. The highest BCUT2D eigenvalue weighted by Crippen LogP contribution is 2.35. The third-order valence-electron chi connectivity index (χ3n) is 3.98. The smallest absolute Gasteiger partial charge is 0.416 e. The van der Waals surface area contributed by atoms with Gasteiger partial charge in [0.15, 0.2) is 8.29 Å². The number of thioether (sulfide) groups is 1. The van der Waals surface area contributed by atoms with Crippen LogP contribution in [0.4, 0.5) is 18.9 Å². The summed E-state index contributed by atoms with van der Waals surface area (Å²) in [5.74, 6) is -0.444. The summed E-state index contributed by atoms with van der Waals surface area (Å²) in [7, 11) is 1.48. The van der Waals surface area contributed by atoms with E-state index in [0.29, 0.717) is 8.29 Å². The second kappa shape index (κ2) is 10.9. The average molecular weight is 502 g/mol. The topological polar surface area (TPSA) is 65.4 Å². The molecule has 0 aliphatic heterocycles. The Morgan fingerprint density at radius 2 is 1.97 bits per heavy atom. The Balaban J connectivity index is 1.69. The fourth-order valence-corrected chi connectivity index (χ4v) is 4.69. The van der Waals surface area contributed by atoms with Gasteiger partial charge >= 0.3 is 6.18 Å². The van der Waals surface area contributed by atoms with Crippen LogP contribution in [0.25, 0.3) is 5.69 Å². The lowest BCUT2D eigenvalue weighted by Crippen LogP contribution is -2.17. The van der Waals surface area contributed by atoms with Gasteiger partial charge in [0, 0.05) is 7.11 Å². The molecule has 170 valence electrons. The number of ether oxygens (including phenoxy) is 2. The van der Waals surface area contributed by atoms with Crippen molar-refractivity contribution in [2.75, 3.05) is 31.4 Å². The molecule has 1 heterocycles. The Bertz CT molecular complexity index is 1120. The van der Waals surface area contributed by atoms with Gasteiger partial charge in [0.1, 0.15) is 12.4 Å². The van der Waals surface area contributed by atoms with Crippen LogP contribution >= 0.6 is 35.3 Å². The second-order valence-electron chi connectivity index (χ2n) is 6.27. The number of nitrogens with one attached hydrogen (secondary N) is 1. The zero-order valence-electron chi connectivity index (χ0n) is 16.7. The number of para-hydroxylation sites is 1. The van der Waals surface area contributed by atoms with E-state index in [1.54, 1.807) is 4.68 Å². The first-order chi connectivity index (χ1) is 15.3. The minimum atomic E-state index is -4.55. The SMILES string of the molecule is COCCOc1ccc(C(F)(F)F)cc1NC(=O)CSc1nn(-c2ccccc2)c(=S)s1. The number of halogens is 3. The van der Waals surface area contributed by atoms with Gasteiger partial charge in [-0.3, -0.25) is 4.79 Å². The molecule has 0 radical (unpaired) electrons. The maximum atomic E-state index is 13.1. The number of carbonyl (C=O) groups excluding carboxylic acids is 1. The molecule has 1 N–H and O–H groups in total. The lowest BCUT2D eigenvalue weighted by molar-refractivity contribution is -0.137. The maximum Gasteiger partial charge on any atom is 0.416 e. The summed E-state index contributed by atoms with van der Waals surface area (Å²) in [4.78, 5) is 12.4. The summed E-state index contributed by atoms with van der Waals surface area (Å²) < 4.78 is 52.3. The highest BCUT2D eigenvalue weighted by Gasteiger charge is 2.31. The number of aromatic nitrogens is 2. The number of benzene rings is 2. The third-order valence-corrected chi connectivity index (χ3v) is 6.35. The number of carbonyl (C=O) groups is 1. The molecule has 3 aromatic rings. The van der Waals surface area contributed by atoms with E-state index in [4.69, 9.17) is 21.7 Å². The molecule has 0 atom stereocenters. The van der Waals surface area contributed by atoms with Gasteiger partial charge in [-0.1, -0.05) is 41.3 Å². The molecule has 0 aliphatic rings. The molecule has 1 aromatic heterocycles. The first kappa shape index (κ1) is 24.2. The van der Waals surface area contributed by atoms with Crippen LogP contribution in [0.2, 0.25) is 0 Å². The number of hydrogen-bond acceptors (Lipinski definition) is 7. The van der Waals surface area contributed by atoms with Crippen LogP contribution in [0.3, 0.4) is 0 Å². The van der Waals surface area contributed by atoms with Gasteiger partial charge < -0.3 is 14.8 Å². The van der Waals surface area contributed by atoms with Gasteiger partial charge in [-0.2, -0.15) is 13.2 Å². The van der Waals surface area contributed by atoms with E-state index >= 15 is 0 Å². The molecule has 3 rings (SSSR count). The molecule has 0 unspecified atom stereocenters. The first-order valence-electron chi connectivity index (χ1n) is 9.19. The van der Waals surface area contributed by atoms with Gasteiger partial charge in [0.05, 0.1) is 29.3 Å². The van der Waals surface area contributed by atoms with E-state index in [1.807, 2.05) is 30.3 Å². The number of rotatable bonds is 9. The third kappa shape index (κ3) is 6.55. The first-order valence-corrected chi connectivity index (χ1v) is 11.4. The Hall–Kier alpha value is -2.41. The van der Waals surface area contributed by atoms with Crippen LogP contribution in [-0.4, -0.2) is 41.8 Å². The van der Waals surface area contributed by atoms with Crippen LogP contribution < -0.4 is 10.1 Å². The monoisotopic (exact) mass is 501 g/mol. The number of anilines is 1. The summed E-state index contributed by atoms with van der Waals surface area (Å²) in [5.41, 5.74) is -0.157. The molecule has 0 saturated heterocycles. The average Bonchev–Trinajstić information content (AvgIpc) is 3.14. The van der Waals surface area contributed by atoms with Crippen molar-refractivity contribution in [3.8, 4) is 11.4 Å². The molecule has 1 amide bonds. The van der Waals surface area contributed by atoms with E-state index < -0.39 is 17.6 Å². The maximum absolute atomic E-state index is 13.1. The molecular formula is C20H18F3N3O3S3. The molecule has 0 aliphatic carbocycles. The molecule has 0 fully saturated rings. The van der Waals surface area contributed by atoms with Crippen LogP contribution in [0, 0.1) is 3.95 Å². The van der Waals surface area contributed by atoms with Crippen molar-refractivity contribution in [3.05, 3.63) is 58.0 Å². The van der Waals surface area contributed by atoms with Gasteiger partial charge in [-0.05, 0) is 42.5 Å². The zero-order chi connectivity index (χ0) is 23.1. The Morgan fingerprint density at radius 1 is 1.22 bits per heavy atom. The van der Waals surface area contributed by atoms with E-state index in [-0.39, 0.29) is 30.4 Å². The number of amides is 1. The van der Waals surface area contributed by atoms with E-state index in [2.05, 4.69) is 10.4 Å². The van der Waals surface area contributed by atoms with Crippen LogP contribution in [0.5, 0.6) is 5.75 Å². The summed E-state index contributed by atoms with van der Waals surface area (Å²) >= 11 is 7.71. The minimum Gasteiger partial charge on any atom is -0.489 e. The molecule has 0 saturated carbocycles. The van der Waals surface area contributed by atoms with E-state index in [9.17, 15) is 18.0 Å². The highest BCUT2D eigenvalue weighted by molar-refractivity contribution is 8.01. The van der Waals surface area contributed by atoms with Crippen molar-refractivity contribution in [1.29, 1.82) is 0 Å². The van der Waals surface area contributed by atoms with Crippen LogP contribution in [-0.2, 0) is 15.7 Å². The quantitative estimate of drug-likeness (QED) is 0.239. The van der Waals surface area contributed by atoms with Crippen molar-refractivity contribution in [2.24, 2.45) is 0 Å². The van der Waals surface area contributed by atoms with Gasteiger partial charge in [0.2, 0.25) is 5.91 Å². The van der Waals surface area contributed by atoms with Crippen LogP contribution in [0.15, 0.2) is 52.9 Å². The van der Waals surface area contributed by atoms with Crippen molar-refractivity contribution >= 4 is 46.9 Å². The fraction of sp³-hybridized carbons (Fsp3) is 0.250. The van der Waals surface area contributed by atoms with Gasteiger partial charge in [-0.25, -0.2) is 4.68 Å². The molecule has 6 nitrogen and oxygen atoms in total. The van der Waals surface area contributed by atoms with E-state index in [0.717, 1.165) is 29.6 Å². The predicted octanol–water partition coefficient (Wildman–Crippen LogP) is 5.44. The molecule has 0 bridgehead atoms. The number of nitrogens with zero attached hydrogens (tertiary/aromatic N) is 2. The fourth-order valence-electron chi connectivity index (χ4n) is 2.53. The lowest BCUT2D eigenvalue weighted by Gasteiger charge is -2.15. The molecular weight excluding hydrogens is 483 g/mol. The lowest BCUT2D eigenvalue weighted by atomic mass is 10.1.